The number of ether oxygens (including phenoxy) is 5. The zero-order valence-corrected chi connectivity index (χ0v) is 22.0. The SMILES string of the molecule is COc1cc(OCc2csc(N3CCOCCOCC3)n2)c2cc(-c3cn4nc(OC)sc4n3)oc2c1. The Bertz CT molecular complexity index is 1470. The van der Waals surface area contributed by atoms with E-state index in [1.165, 1.54) is 11.3 Å². The number of benzene rings is 1. The first-order valence-corrected chi connectivity index (χ1v) is 13.4. The zero-order valence-electron chi connectivity index (χ0n) is 20.3. The van der Waals surface area contributed by atoms with Crippen molar-refractivity contribution in [3.8, 4) is 28.1 Å². The lowest BCUT2D eigenvalue weighted by atomic mass is 10.2. The number of methoxy groups -OCH3 is 2. The lowest BCUT2D eigenvalue weighted by Gasteiger charge is -2.20. The summed E-state index contributed by atoms with van der Waals surface area (Å²) >= 11 is 2.95. The monoisotopic (exact) mass is 543 g/mol. The van der Waals surface area contributed by atoms with Gasteiger partial charge in [-0.15, -0.1) is 16.4 Å². The first kappa shape index (κ1) is 24.0. The van der Waals surface area contributed by atoms with Crippen molar-refractivity contribution in [1.82, 2.24) is 19.6 Å². The molecule has 194 valence electrons. The molecule has 13 heteroatoms. The first-order chi connectivity index (χ1) is 18.2. The van der Waals surface area contributed by atoms with Crippen LogP contribution in [0.3, 0.4) is 0 Å². The van der Waals surface area contributed by atoms with E-state index in [1.807, 2.05) is 29.8 Å². The lowest BCUT2D eigenvalue weighted by molar-refractivity contribution is 0.0629. The van der Waals surface area contributed by atoms with Crippen molar-refractivity contribution in [3.63, 3.8) is 0 Å². The Morgan fingerprint density at radius 2 is 1.84 bits per heavy atom. The summed E-state index contributed by atoms with van der Waals surface area (Å²) < 4.78 is 35.9. The van der Waals surface area contributed by atoms with Crippen LogP contribution in [0.4, 0.5) is 5.13 Å². The van der Waals surface area contributed by atoms with Crippen LogP contribution in [0.25, 0.3) is 27.4 Å². The molecular formula is C24H25N5O6S2. The highest BCUT2D eigenvalue weighted by Gasteiger charge is 2.18. The molecule has 4 aromatic heterocycles. The third-order valence-electron chi connectivity index (χ3n) is 5.83. The van der Waals surface area contributed by atoms with Crippen molar-refractivity contribution in [2.45, 2.75) is 6.61 Å². The van der Waals surface area contributed by atoms with E-state index in [9.17, 15) is 0 Å². The molecule has 0 bridgehead atoms. The Balaban J connectivity index is 1.22. The molecule has 6 rings (SSSR count). The van der Waals surface area contributed by atoms with Gasteiger partial charge in [0.05, 0.1) is 57.9 Å². The third kappa shape index (κ3) is 5.07. The molecule has 1 aliphatic rings. The van der Waals surface area contributed by atoms with Crippen molar-refractivity contribution in [2.75, 3.05) is 58.6 Å². The number of anilines is 1. The molecule has 1 saturated heterocycles. The second-order valence-corrected chi connectivity index (χ2v) is 9.95. The smallest absolute Gasteiger partial charge is 0.294 e. The fourth-order valence-corrected chi connectivity index (χ4v) is 5.53. The Morgan fingerprint density at radius 1 is 1.00 bits per heavy atom. The van der Waals surface area contributed by atoms with E-state index in [0.29, 0.717) is 66.8 Å². The quantitative estimate of drug-likeness (QED) is 0.298. The maximum atomic E-state index is 6.22. The average Bonchev–Trinajstić information content (AvgIpc) is 3.69. The molecule has 0 atom stereocenters. The molecule has 0 saturated carbocycles. The highest BCUT2D eigenvalue weighted by atomic mass is 32.1. The third-order valence-corrected chi connectivity index (χ3v) is 7.66. The summed E-state index contributed by atoms with van der Waals surface area (Å²) in [5.74, 6) is 1.89. The van der Waals surface area contributed by atoms with Gasteiger partial charge in [0, 0.05) is 30.6 Å². The summed E-state index contributed by atoms with van der Waals surface area (Å²) in [4.78, 5) is 12.3. The number of thiazole rings is 1. The number of nitrogens with zero attached hydrogens (tertiary/aromatic N) is 5. The molecule has 37 heavy (non-hydrogen) atoms. The van der Waals surface area contributed by atoms with Crippen LogP contribution in [0.15, 0.2) is 34.2 Å². The topological polar surface area (TPSA) is 106 Å². The van der Waals surface area contributed by atoms with E-state index >= 15 is 0 Å². The Hall–Kier alpha value is -3.39. The summed E-state index contributed by atoms with van der Waals surface area (Å²) in [5, 5.41) is 8.65. The van der Waals surface area contributed by atoms with Crippen molar-refractivity contribution in [3.05, 3.63) is 35.5 Å². The van der Waals surface area contributed by atoms with Gasteiger partial charge in [0.25, 0.3) is 5.19 Å². The van der Waals surface area contributed by atoms with Gasteiger partial charge in [0.2, 0.25) is 4.96 Å². The highest BCUT2D eigenvalue weighted by Crippen LogP contribution is 2.37. The summed E-state index contributed by atoms with van der Waals surface area (Å²) in [7, 11) is 3.20. The Labute approximate surface area is 220 Å². The van der Waals surface area contributed by atoms with Gasteiger partial charge in [0.1, 0.15) is 29.4 Å². The fraction of sp³-hybridized carbons (Fsp3) is 0.375. The predicted octanol–water partition coefficient (Wildman–Crippen LogP) is 4.11. The van der Waals surface area contributed by atoms with E-state index in [-0.39, 0.29) is 0 Å². The Kier molecular flexibility index (Phi) is 6.83. The largest absolute Gasteiger partial charge is 0.496 e. The van der Waals surface area contributed by atoms with Crippen LogP contribution >= 0.6 is 22.7 Å². The second-order valence-electron chi connectivity index (χ2n) is 8.20. The molecule has 0 amide bonds. The van der Waals surface area contributed by atoms with Gasteiger partial charge in [-0.1, -0.05) is 0 Å². The van der Waals surface area contributed by atoms with Gasteiger partial charge >= 0.3 is 0 Å². The van der Waals surface area contributed by atoms with Crippen molar-refractivity contribution in [1.29, 1.82) is 0 Å². The fourth-order valence-electron chi connectivity index (χ4n) is 3.96. The van der Waals surface area contributed by atoms with Crippen molar-refractivity contribution < 1.29 is 28.1 Å². The van der Waals surface area contributed by atoms with Gasteiger partial charge in [-0.2, -0.15) is 0 Å². The Morgan fingerprint density at radius 3 is 2.59 bits per heavy atom. The minimum atomic E-state index is 0.310. The number of hydrogen-bond acceptors (Lipinski definition) is 12. The van der Waals surface area contributed by atoms with E-state index < -0.39 is 0 Å². The minimum Gasteiger partial charge on any atom is -0.496 e. The summed E-state index contributed by atoms with van der Waals surface area (Å²) in [6.45, 7) is 4.42. The molecule has 1 aromatic carbocycles. The van der Waals surface area contributed by atoms with E-state index in [0.717, 1.165) is 34.3 Å². The van der Waals surface area contributed by atoms with Crippen LogP contribution in [0.2, 0.25) is 0 Å². The lowest BCUT2D eigenvalue weighted by Crippen LogP contribution is -2.29. The number of imidazole rings is 1. The van der Waals surface area contributed by atoms with Crippen LogP contribution in [-0.2, 0) is 16.1 Å². The van der Waals surface area contributed by atoms with E-state index in [4.69, 9.17) is 33.1 Å². The normalized spacial score (nSPS) is 15.0. The number of fused-ring (bicyclic) bond motifs is 2. The molecule has 11 nitrogen and oxygen atoms in total. The van der Waals surface area contributed by atoms with Gasteiger partial charge < -0.3 is 33.0 Å². The molecule has 0 radical (unpaired) electrons. The van der Waals surface area contributed by atoms with E-state index in [1.54, 1.807) is 30.1 Å². The summed E-state index contributed by atoms with van der Waals surface area (Å²) in [5.41, 5.74) is 2.15. The van der Waals surface area contributed by atoms with Crippen molar-refractivity contribution >= 4 is 43.7 Å². The summed E-state index contributed by atoms with van der Waals surface area (Å²) in [6.07, 6.45) is 1.81. The molecule has 0 N–H and O–H groups in total. The molecular weight excluding hydrogens is 518 g/mol. The number of aromatic nitrogens is 4. The molecule has 0 aliphatic carbocycles. The van der Waals surface area contributed by atoms with Gasteiger partial charge in [-0.3, -0.25) is 0 Å². The van der Waals surface area contributed by atoms with Crippen LogP contribution in [0.5, 0.6) is 16.7 Å². The maximum absolute atomic E-state index is 6.22. The summed E-state index contributed by atoms with van der Waals surface area (Å²) in [6, 6.07) is 5.61. The van der Waals surface area contributed by atoms with Crippen molar-refractivity contribution in [2.24, 2.45) is 0 Å². The van der Waals surface area contributed by atoms with Crippen LogP contribution in [0, 0.1) is 0 Å². The van der Waals surface area contributed by atoms with Gasteiger partial charge in [0.15, 0.2) is 10.9 Å². The number of furan rings is 1. The number of rotatable bonds is 7. The number of hydrogen-bond donors (Lipinski definition) is 0. The predicted molar refractivity (Wildman–Crippen MR) is 139 cm³/mol. The molecule has 1 aliphatic heterocycles. The molecule has 1 fully saturated rings. The molecule has 0 unspecified atom stereocenters. The van der Waals surface area contributed by atoms with Gasteiger partial charge in [-0.05, 0) is 17.4 Å². The molecule has 5 aromatic rings. The minimum absolute atomic E-state index is 0.310. The van der Waals surface area contributed by atoms with Crippen LogP contribution in [-0.4, -0.2) is 73.3 Å². The second kappa shape index (κ2) is 10.5. The highest BCUT2D eigenvalue weighted by molar-refractivity contribution is 7.18. The first-order valence-electron chi connectivity index (χ1n) is 11.7. The molecule has 5 heterocycles. The van der Waals surface area contributed by atoms with Gasteiger partial charge in [-0.25, -0.2) is 14.5 Å². The molecule has 0 spiro atoms. The maximum Gasteiger partial charge on any atom is 0.294 e. The van der Waals surface area contributed by atoms with E-state index in [2.05, 4.69) is 15.0 Å². The van der Waals surface area contributed by atoms with Crippen LogP contribution in [0.1, 0.15) is 5.69 Å². The average molecular weight is 544 g/mol. The van der Waals surface area contributed by atoms with Crippen LogP contribution < -0.4 is 19.1 Å². The standard InChI is InChI=1S/C24H25N5O6S2/c1-30-16-9-19(34-13-15-14-36-22(25-15)28-3-5-32-7-8-33-6-4-28)17-11-21(35-20(17)10-16)18-12-29-23(26-18)37-24(27-29)31-2/h9-12,14H,3-8,13H2,1-2H3. The zero-order chi connectivity index (χ0) is 25.2.